The summed E-state index contributed by atoms with van der Waals surface area (Å²) in [6.45, 7) is 0. The van der Waals surface area contributed by atoms with Crippen LogP contribution in [0.3, 0.4) is 0 Å². The van der Waals surface area contributed by atoms with Crippen molar-refractivity contribution in [3.05, 3.63) is 170 Å². The summed E-state index contributed by atoms with van der Waals surface area (Å²) >= 11 is 18.7. The Kier molecular flexibility index (Phi) is 7.43. The molecule has 5 aromatic rings. The highest BCUT2D eigenvalue weighted by atomic mass is 35.5. The molecule has 8 rings (SSSR count). The van der Waals surface area contributed by atoms with Gasteiger partial charge in [-0.15, -0.1) is 0 Å². The first-order chi connectivity index (χ1) is 23.9. The Morgan fingerprint density at radius 1 is 0.560 bits per heavy atom. The van der Waals surface area contributed by atoms with Crippen molar-refractivity contribution in [3.8, 4) is 0 Å². The molecule has 50 heavy (non-hydrogen) atoms. The largest absolute Gasteiger partial charge is 0.417 e. The van der Waals surface area contributed by atoms with Gasteiger partial charge < -0.3 is 0 Å². The van der Waals surface area contributed by atoms with Crippen LogP contribution < -0.4 is 4.90 Å². The normalized spacial score (nSPS) is 24.4. The summed E-state index contributed by atoms with van der Waals surface area (Å²) in [7, 11) is 0. The highest BCUT2D eigenvalue weighted by Crippen LogP contribution is 2.74. The lowest BCUT2D eigenvalue weighted by Crippen LogP contribution is -2.45. The van der Waals surface area contributed by atoms with Gasteiger partial charge in [0.25, 0.3) is 0 Å². The molecule has 0 unspecified atom stereocenters. The first-order valence-corrected chi connectivity index (χ1v) is 16.7. The van der Waals surface area contributed by atoms with Crippen LogP contribution in [0.1, 0.15) is 27.8 Å². The second-order valence-corrected chi connectivity index (χ2v) is 13.9. The van der Waals surface area contributed by atoms with Crippen molar-refractivity contribution in [2.75, 3.05) is 4.90 Å². The zero-order chi connectivity index (χ0) is 35.2. The minimum Gasteiger partial charge on any atom is -0.297 e. The van der Waals surface area contributed by atoms with E-state index in [0.29, 0.717) is 49.5 Å². The fourth-order valence-electron chi connectivity index (χ4n) is 8.48. The summed E-state index contributed by atoms with van der Waals surface area (Å²) in [6, 6.07) is 34.5. The molecule has 2 aliphatic carbocycles. The van der Waals surface area contributed by atoms with Crippen LogP contribution in [0.5, 0.6) is 0 Å². The number of amides is 2. The van der Waals surface area contributed by atoms with Crippen LogP contribution in [0.25, 0.3) is 11.1 Å². The third kappa shape index (κ3) is 4.30. The van der Waals surface area contributed by atoms with Crippen LogP contribution in [0, 0.1) is 11.8 Å². The number of halogens is 6. The molecule has 2 bridgehead atoms. The smallest absolute Gasteiger partial charge is 0.297 e. The Hall–Kier alpha value is -4.69. The average molecular weight is 729 g/mol. The van der Waals surface area contributed by atoms with Gasteiger partial charge in [-0.2, -0.15) is 13.2 Å². The Balaban J connectivity index is 1.52. The number of imide groups is 1. The van der Waals surface area contributed by atoms with E-state index in [1.165, 1.54) is 6.07 Å². The number of hydrogen-bond donors (Lipinski definition) is 0. The molecular weight excluding hydrogens is 706 g/mol. The van der Waals surface area contributed by atoms with Gasteiger partial charge in [0.05, 0.1) is 38.9 Å². The van der Waals surface area contributed by atoms with Gasteiger partial charge in [-0.1, -0.05) is 120 Å². The van der Waals surface area contributed by atoms with E-state index in [4.69, 9.17) is 34.8 Å². The van der Waals surface area contributed by atoms with Crippen molar-refractivity contribution in [1.29, 1.82) is 0 Å². The number of ketones is 1. The fourth-order valence-corrected chi connectivity index (χ4v) is 8.96. The third-order valence-electron chi connectivity index (χ3n) is 10.2. The molecule has 10 heteroatoms. The second-order valence-electron chi connectivity index (χ2n) is 12.6. The summed E-state index contributed by atoms with van der Waals surface area (Å²) in [4.78, 5) is 46.8. The lowest BCUT2D eigenvalue weighted by atomic mass is 9.59. The van der Waals surface area contributed by atoms with E-state index in [9.17, 15) is 13.2 Å². The molecule has 1 aliphatic heterocycles. The lowest BCUT2D eigenvalue weighted by Gasteiger charge is -2.39. The number of hydrogen-bond acceptors (Lipinski definition) is 3. The molecule has 1 saturated heterocycles. The van der Waals surface area contributed by atoms with E-state index < -0.39 is 57.0 Å². The number of Topliss-reactive ketones (excluding diaryl/α,β-unsaturated/α-hetero) is 1. The van der Waals surface area contributed by atoms with Crippen molar-refractivity contribution >= 4 is 69.2 Å². The maximum Gasteiger partial charge on any atom is 0.417 e. The molecule has 3 aliphatic rings. The molecule has 0 radical (unpaired) electrons. The van der Waals surface area contributed by atoms with Crippen molar-refractivity contribution < 1.29 is 27.6 Å². The summed E-state index contributed by atoms with van der Waals surface area (Å²) in [6.07, 6.45) is -4.86. The average Bonchev–Trinajstić information content (AvgIpc) is 3.61. The Labute approximate surface area is 299 Å². The fraction of sp³-hybridized carbons (Fsp3) is 0.125. The quantitative estimate of drug-likeness (QED) is 0.169. The van der Waals surface area contributed by atoms with Gasteiger partial charge in [0.15, 0.2) is 5.78 Å². The molecule has 4 nitrogen and oxygen atoms in total. The monoisotopic (exact) mass is 727 g/mol. The van der Waals surface area contributed by atoms with Crippen molar-refractivity contribution in [1.82, 2.24) is 0 Å². The lowest BCUT2D eigenvalue weighted by molar-refractivity contribution is -0.137. The number of fused-ring (bicyclic) bond motifs is 5. The first kappa shape index (κ1) is 32.5. The van der Waals surface area contributed by atoms with Crippen molar-refractivity contribution in [2.24, 2.45) is 11.8 Å². The van der Waals surface area contributed by atoms with Gasteiger partial charge in [-0.05, 0) is 75.9 Å². The van der Waals surface area contributed by atoms with Crippen molar-refractivity contribution in [2.45, 2.75) is 17.0 Å². The van der Waals surface area contributed by atoms with E-state index >= 15 is 14.4 Å². The number of anilines is 1. The number of alkyl halides is 3. The molecule has 4 atom stereocenters. The minimum absolute atomic E-state index is 0.294. The van der Waals surface area contributed by atoms with Gasteiger partial charge in [0.1, 0.15) is 0 Å². The standard InChI is InChI=1S/C40H23Cl3F3NO3/c41-26-15-11-24(12-16-26)38-31(22-7-3-1-4-8-22)32(23-9-5-2-6-10-23)39(37(38)50,25-13-17-27(42)18-14-25)34-33(38)35(48)47(36(34)49)28-19-20-30(43)29(21-28)40(44,45)46/h1-21,33-34H/t33-,34-,38-,39-/m0/s1. The highest BCUT2D eigenvalue weighted by molar-refractivity contribution is 6.39. The molecule has 248 valence electrons. The summed E-state index contributed by atoms with van der Waals surface area (Å²) in [5.41, 5.74) is -1.80. The number of carbonyl (C=O) groups excluding carboxylic acids is 3. The van der Waals surface area contributed by atoms with Gasteiger partial charge in [0.2, 0.25) is 11.8 Å². The van der Waals surface area contributed by atoms with Gasteiger partial charge in [0, 0.05) is 10.0 Å². The van der Waals surface area contributed by atoms with E-state index in [2.05, 4.69) is 0 Å². The Morgan fingerprint density at radius 2 is 0.980 bits per heavy atom. The summed E-state index contributed by atoms with van der Waals surface area (Å²) in [5.74, 6) is -4.67. The van der Waals surface area contributed by atoms with Crippen LogP contribution in [-0.4, -0.2) is 17.6 Å². The molecule has 2 fully saturated rings. The van der Waals surface area contributed by atoms with Crippen LogP contribution in [0.4, 0.5) is 18.9 Å². The van der Waals surface area contributed by atoms with E-state index in [0.717, 1.165) is 11.0 Å². The van der Waals surface area contributed by atoms with Gasteiger partial charge in [-0.3, -0.25) is 14.4 Å². The van der Waals surface area contributed by atoms with Gasteiger partial charge >= 0.3 is 6.18 Å². The summed E-state index contributed by atoms with van der Waals surface area (Å²) in [5, 5.41) is 0.198. The Morgan fingerprint density at radius 3 is 1.38 bits per heavy atom. The predicted octanol–water partition coefficient (Wildman–Crippen LogP) is 9.85. The van der Waals surface area contributed by atoms with Gasteiger partial charge in [-0.25, -0.2) is 4.90 Å². The molecule has 5 aromatic carbocycles. The maximum atomic E-state index is 15.9. The zero-order valence-corrected chi connectivity index (χ0v) is 28.0. The zero-order valence-electron chi connectivity index (χ0n) is 25.7. The van der Waals surface area contributed by atoms with E-state index in [1.807, 2.05) is 60.7 Å². The molecule has 0 N–H and O–H groups in total. The molecule has 2 amide bonds. The maximum absolute atomic E-state index is 15.9. The topological polar surface area (TPSA) is 54.5 Å². The number of rotatable bonds is 5. The van der Waals surface area contributed by atoms with Crippen molar-refractivity contribution in [3.63, 3.8) is 0 Å². The molecule has 0 spiro atoms. The van der Waals surface area contributed by atoms with Crippen LogP contribution in [-0.2, 0) is 31.4 Å². The van der Waals surface area contributed by atoms with Crippen LogP contribution >= 0.6 is 34.8 Å². The van der Waals surface area contributed by atoms with E-state index in [-0.39, 0.29) is 5.69 Å². The highest BCUT2D eigenvalue weighted by Gasteiger charge is 2.82. The Bertz CT molecular complexity index is 2130. The first-order valence-electron chi connectivity index (χ1n) is 15.6. The molecule has 1 heterocycles. The third-order valence-corrected chi connectivity index (χ3v) is 11.1. The molecule has 1 saturated carbocycles. The number of carbonyl (C=O) groups is 3. The van der Waals surface area contributed by atoms with Crippen LogP contribution in [0.2, 0.25) is 15.1 Å². The number of allylic oxidation sites excluding steroid dienone is 2. The molecular formula is C40H23Cl3F3NO3. The summed E-state index contributed by atoms with van der Waals surface area (Å²) < 4.78 is 42.3. The van der Waals surface area contributed by atoms with E-state index in [1.54, 1.807) is 48.5 Å². The minimum atomic E-state index is -4.86. The second kappa shape index (κ2) is 11.4. The molecule has 0 aromatic heterocycles. The van der Waals surface area contributed by atoms with Crippen LogP contribution in [0.15, 0.2) is 127 Å². The number of nitrogens with zero attached hydrogens (tertiary/aromatic N) is 1. The SMILES string of the molecule is O=C1[C@@H]2[C@@H](C(=O)N1c1ccc(Cl)c(C(F)(F)F)c1)[C@@]1(c3ccc(Cl)cc3)C(=O)[C@@]2(c2ccc(Cl)cc2)C(c2ccccc2)=C1c1ccccc1. The predicted molar refractivity (Wildman–Crippen MR) is 187 cm³/mol. The number of benzene rings is 5.